The third kappa shape index (κ3) is 3.41. The van der Waals surface area contributed by atoms with E-state index in [-0.39, 0.29) is 12.1 Å². The molecule has 1 atom stereocenters. The van der Waals surface area contributed by atoms with Crippen LogP contribution in [0.4, 0.5) is 10.5 Å². The molecule has 1 aromatic carbocycles. The molecular weight excluding hydrogens is 352 g/mol. The van der Waals surface area contributed by atoms with Crippen LogP contribution in [-0.4, -0.2) is 33.9 Å². The highest BCUT2D eigenvalue weighted by atomic mass is 16.5. The third-order valence-corrected chi connectivity index (χ3v) is 6.15. The predicted molar refractivity (Wildman–Crippen MR) is 109 cm³/mol. The average molecular weight is 383 g/mol. The Morgan fingerprint density at radius 2 is 2.18 bits per heavy atom. The molecule has 2 amide bonds. The second-order valence-corrected chi connectivity index (χ2v) is 7.81. The number of aryl methyl sites for hydroxylation is 2. The molecule has 2 aromatic rings. The van der Waals surface area contributed by atoms with E-state index in [0.29, 0.717) is 6.61 Å². The van der Waals surface area contributed by atoms with Crippen molar-refractivity contribution in [2.45, 2.75) is 65.6 Å². The summed E-state index contributed by atoms with van der Waals surface area (Å²) < 4.78 is 7.83. The van der Waals surface area contributed by atoms with Crippen LogP contribution >= 0.6 is 0 Å². The molecule has 1 unspecified atom stereocenters. The van der Waals surface area contributed by atoms with Crippen molar-refractivity contribution < 1.29 is 9.53 Å². The quantitative estimate of drug-likeness (QED) is 0.858. The largest absolute Gasteiger partial charge is 0.376 e. The van der Waals surface area contributed by atoms with Gasteiger partial charge in [0.05, 0.1) is 24.9 Å². The van der Waals surface area contributed by atoms with Gasteiger partial charge in [0.25, 0.3) is 0 Å². The van der Waals surface area contributed by atoms with Crippen LogP contribution in [0.5, 0.6) is 0 Å². The number of anilines is 1. The maximum absolute atomic E-state index is 13.2. The van der Waals surface area contributed by atoms with E-state index < -0.39 is 0 Å². The SMILES string of the molecule is CCn1nc(C2CCCCN2C(=O)Nc2cccc(C)c2C)c2c1CCOC2. The second kappa shape index (κ2) is 7.95. The number of amides is 2. The van der Waals surface area contributed by atoms with Gasteiger partial charge in [0.15, 0.2) is 0 Å². The maximum Gasteiger partial charge on any atom is 0.322 e. The summed E-state index contributed by atoms with van der Waals surface area (Å²) in [6.45, 7) is 9.21. The molecule has 0 saturated carbocycles. The van der Waals surface area contributed by atoms with Gasteiger partial charge in [-0.05, 0) is 57.2 Å². The molecular formula is C22H30N4O2. The van der Waals surface area contributed by atoms with Crippen LogP contribution in [0.2, 0.25) is 0 Å². The van der Waals surface area contributed by atoms with Gasteiger partial charge in [0.1, 0.15) is 0 Å². The van der Waals surface area contributed by atoms with Gasteiger partial charge in [-0.1, -0.05) is 12.1 Å². The molecule has 28 heavy (non-hydrogen) atoms. The zero-order valence-electron chi connectivity index (χ0n) is 17.1. The number of ether oxygens (including phenoxy) is 1. The van der Waals surface area contributed by atoms with E-state index >= 15 is 0 Å². The number of nitrogens with one attached hydrogen (secondary N) is 1. The maximum atomic E-state index is 13.2. The highest BCUT2D eigenvalue weighted by molar-refractivity contribution is 5.90. The molecule has 1 fully saturated rings. The van der Waals surface area contributed by atoms with Crippen molar-refractivity contribution >= 4 is 11.7 Å². The molecule has 1 N–H and O–H groups in total. The molecule has 1 aromatic heterocycles. The zero-order chi connectivity index (χ0) is 19.7. The van der Waals surface area contributed by atoms with E-state index in [2.05, 4.69) is 36.8 Å². The van der Waals surface area contributed by atoms with Crippen molar-refractivity contribution in [3.05, 3.63) is 46.3 Å². The first kappa shape index (κ1) is 19.0. The van der Waals surface area contributed by atoms with Gasteiger partial charge < -0.3 is 15.0 Å². The van der Waals surface area contributed by atoms with Crippen LogP contribution in [0.25, 0.3) is 0 Å². The minimum Gasteiger partial charge on any atom is -0.376 e. The number of nitrogens with zero attached hydrogens (tertiary/aromatic N) is 3. The Balaban J connectivity index is 1.63. The highest BCUT2D eigenvalue weighted by Gasteiger charge is 2.34. The van der Waals surface area contributed by atoms with E-state index in [9.17, 15) is 4.79 Å². The number of fused-ring (bicyclic) bond motifs is 1. The summed E-state index contributed by atoms with van der Waals surface area (Å²) in [6, 6.07) is 6.01. The second-order valence-electron chi connectivity index (χ2n) is 7.81. The standard InChI is InChI=1S/C22H30N4O2/c1-4-26-19-11-13-28-14-17(19)21(24-26)20-10-5-6-12-25(20)22(27)23-18-9-7-8-15(2)16(18)3/h7-9,20H,4-6,10-14H2,1-3H3,(H,23,27). The summed E-state index contributed by atoms with van der Waals surface area (Å²) in [7, 11) is 0. The highest BCUT2D eigenvalue weighted by Crippen LogP contribution is 2.35. The van der Waals surface area contributed by atoms with Crippen molar-refractivity contribution in [1.82, 2.24) is 14.7 Å². The smallest absolute Gasteiger partial charge is 0.322 e. The molecule has 0 aliphatic carbocycles. The summed E-state index contributed by atoms with van der Waals surface area (Å²) in [5.41, 5.74) is 6.70. The number of piperidine rings is 1. The molecule has 0 radical (unpaired) electrons. The van der Waals surface area contributed by atoms with Gasteiger partial charge in [0.2, 0.25) is 0 Å². The van der Waals surface area contributed by atoms with Crippen molar-refractivity contribution in [2.75, 3.05) is 18.5 Å². The number of aromatic nitrogens is 2. The number of carbonyl (C=O) groups excluding carboxylic acids is 1. The Morgan fingerprint density at radius 3 is 3.00 bits per heavy atom. The van der Waals surface area contributed by atoms with Crippen molar-refractivity contribution in [3.63, 3.8) is 0 Å². The number of hydrogen-bond donors (Lipinski definition) is 1. The Bertz CT molecular complexity index is 874. The molecule has 4 rings (SSSR count). The predicted octanol–water partition coefficient (Wildman–Crippen LogP) is 4.35. The number of hydrogen-bond acceptors (Lipinski definition) is 3. The fraction of sp³-hybridized carbons (Fsp3) is 0.545. The van der Waals surface area contributed by atoms with Crippen LogP contribution in [-0.2, 0) is 24.3 Å². The molecule has 0 bridgehead atoms. The first-order valence-corrected chi connectivity index (χ1v) is 10.4. The number of rotatable bonds is 3. The molecule has 2 aliphatic rings. The summed E-state index contributed by atoms with van der Waals surface area (Å²) in [5, 5.41) is 8.06. The van der Waals surface area contributed by atoms with Crippen LogP contribution in [0.15, 0.2) is 18.2 Å². The van der Waals surface area contributed by atoms with E-state index in [1.54, 1.807) is 0 Å². The van der Waals surface area contributed by atoms with Crippen LogP contribution in [0.3, 0.4) is 0 Å². The lowest BCUT2D eigenvalue weighted by atomic mass is 9.95. The Labute approximate surface area is 166 Å². The summed E-state index contributed by atoms with van der Waals surface area (Å²) in [6.07, 6.45) is 4.00. The van der Waals surface area contributed by atoms with E-state index in [4.69, 9.17) is 9.84 Å². The molecule has 1 saturated heterocycles. The molecule has 6 heteroatoms. The number of benzene rings is 1. The molecule has 2 aliphatic heterocycles. The van der Waals surface area contributed by atoms with Crippen molar-refractivity contribution in [1.29, 1.82) is 0 Å². The lowest BCUT2D eigenvalue weighted by Gasteiger charge is -2.35. The van der Waals surface area contributed by atoms with Crippen LogP contribution < -0.4 is 5.32 Å². The normalized spacial score (nSPS) is 19.4. The van der Waals surface area contributed by atoms with E-state index in [1.165, 1.54) is 16.8 Å². The van der Waals surface area contributed by atoms with Crippen LogP contribution in [0, 0.1) is 13.8 Å². The van der Waals surface area contributed by atoms with Gasteiger partial charge in [-0.15, -0.1) is 0 Å². The summed E-state index contributed by atoms with van der Waals surface area (Å²) in [5.74, 6) is 0. The Morgan fingerprint density at radius 1 is 1.32 bits per heavy atom. The fourth-order valence-corrected chi connectivity index (χ4v) is 4.40. The van der Waals surface area contributed by atoms with Crippen molar-refractivity contribution in [3.8, 4) is 0 Å². The zero-order valence-corrected chi connectivity index (χ0v) is 17.1. The summed E-state index contributed by atoms with van der Waals surface area (Å²) in [4.78, 5) is 15.2. The van der Waals surface area contributed by atoms with Crippen LogP contribution in [0.1, 0.15) is 60.3 Å². The Hall–Kier alpha value is -2.34. The monoisotopic (exact) mass is 382 g/mol. The minimum atomic E-state index is -0.0325. The van der Waals surface area contributed by atoms with E-state index in [0.717, 1.165) is 62.3 Å². The molecule has 150 valence electrons. The first-order valence-electron chi connectivity index (χ1n) is 10.4. The number of likely N-dealkylation sites (tertiary alicyclic amines) is 1. The lowest BCUT2D eigenvalue weighted by molar-refractivity contribution is 0.106. The third-order valence-electron chi connectivity index (χ3n) is 6.15. The average Bonchev–Trinajstić information content (AvgIpc) is 3.10. The van der Waals surface area contributed by atoms with Gasteiger partial charge >= 0.3 is 6.03 Å². The number of urea groups is 1. The molecule has 3 heterocycles. The van der Waals surface area contributed by atoms with Gasteiger partial charge in [-0.25, -0.2) is 4.79 Å². The van der Waals surface area contributed by atoms with Gasteiger partial charge in [-0.3, -0.25) is 4.68 Å². The van der Waals surface area contributed by atoms with Crippen molar-refractivity contribution in [2.24, 2.45) is 0 Å². The molecule has 0 spiro atoms. The topological polar surface area (TPSA) is 59.4 Å². The lowest BCUT2D eigenvalue weighted by Crippen LogP contribution is -2.41. The fourth-order valence-electron chi connectivity index (χ4n) is 4.40. The van der Waals surface area contributed by atoms with Gasteiger partial charge in [0, 0.05) is 36.5 Å². The summed E-state index contributed by atoms with van der Waals surface area (Å²) >= 11 is 0. The Kier molecular flexibility index (Phi) is 5.40. The van der Waals surface area contributed by atoms with E-state index in [1.807, 2.05) is 17.0 Å². The minimum absolute atomic E-state index is 0.0158. The number of carbonyl (C=O) groups is 1. The van der Waals surface area contributed by atoms with Gasteiger partial charge in [-0.2, -0.15) is 5.10 Å². The molecule has 6 nitrogen and oxygen atoms in total. The first-order chi connectivity index (χ1) is 13.6.